The highest BCUT2D eigenvalue weighted by Crippen LogP contribution is 2.38. The molecule has 5 rings (SSSR count). The van der Waals surface area contributed by atoms with E-state index >= 15 is 0 Å². The third-order valence-corrected chi connectivity index (χ3v) is 5.74. The van der Waals surface area contributed by atoms with E-state index in [1.807, 2.05) is 12.3 Å². The molecule has 1 fully saturated rings. The Morgan fingerprint density at radius 1 is 1.19 bits per heavy atom. The smallest absolute Gasteiger partial charge is 0.349 e. The van der Waals surface area contributed by atoms with E-state index in [0.29, 0.717) is 18.1 Å². The standard InChI is InChI=1S/C21H18Cl2N6O3/c1-9(2)11-7-24-14-3-4-16(26-17(11)14)32-19-12(22)5-10(6-13(19)23)29-21(31)27-20(30)18(28-29)15-8-25-15/h3-7,9,15,24-25H,8H2,1-2H3,(H,27,30,31). The largest absolute Gasteiger partial charge is 0.436 e. The fourth-order valence-corrected chi connectivity index (χ4v) is 3.99. The Bertz CT molecular complexity index is 1450. The van der Waals surface area contributed by atoms with Crippen molar-refractivity contribution in [3.8, 4) is 17.3 Å². The predicted octanol–water partition coefficient (Wildman–Crippen LogP) is 3.66. The van der Waals surface area contributed by atoms with Crippen LogP contribution in [-0.2, 0) is 0 Å². The monoisotopic (exact) mass is 472 g/mol. The lowest BCUT2D eigenvalue weighted by molar-refractivity contribution is 0.465. The molecule has 4 heterocycles. The van der Waals surface area contributed by atoms with Crippen LogP contribution >= 0.6 is 23.2 Å². The molecular formula is C21H18Cl2N6O3. The number of rotatable bonds is 5. The van der Waals surface area contributed by atoms with Crippen molar-refractivity contribution in [2.75, 3.05) is 6.54 Å². The first kappa shape index (κ1) is 20.7. The topological polar surface area (TPSA) is 128 Å². The van der Waals surface area contributed by atoms with Crippen LogP contribution in [0.2, 0.25) is 10.0 Å². The van der Waals surface area contributed by atoms with E-state index in [9.17, 15) is 9.59 Å². The minimum Gasteiger partial charge on any atom is -0.436 e. The zero-order valence-electron chi connectivity index (χ0n) is 17.1. The minimum absolute atomic E-state index is 0.165. The predicted molar refractivity (Wildman–Crippen MR) is 121 cm³/mol. The fourth-order valence-electron chi connectivity index (χ4n) is 3.44. The number of ether oxygens (including phenoxy) is 1. The maximum Gasteiger partial charge on any atom is 0.349 e. The van der Waals surface area contributed by atoms with Crippen LogP contribution in [0.5, 0.6) is 11.6 Å². The van der Waals surface area contributed by atoms with E-state index in [1.54, 1.807) is 6.07 Å². The zero-order chi connectivity index (χ0) is 22.6. The average molecular weight is 473 g/mol. The minimum atomic E-state index is -0.694. The van der Waals surface area contributed by atoms with Gasteiger partial charge in [0.25, 0.3) is 5.56 Å². The average Bonchev–Trinajstić information content (AvgIpc) is 3.48. The molecule has 164 valence electrons. The summed E-state index contributed by atoms with van der Waals surface area (Å²) in [4.78, 5) is 34.4. The summed E-state index contributed by atoms with van der Waals surface area (Å²) in [6.45, 7) is 4.79. The number of nitrogens with one attached hydrogen (secondary N) is 3. The number of pyridine rings is 1. The molecule has 0 spiro atoms. The Labute approximate surface area is 191 Å². The summed E-state index contributed by atoms with van der Waals surface area (Å²) in [5.41, 5.74) is 2.09. The molecule has 0 bridgehead atoms. The van der Waals surface area contributed by atoms with Crippen molar-refractivity contribution < 1.29 is 4.74 Å². The molecule has 0 aliphatic carbocycles. The lowest BCUT2D eigenvalue weighted by Gasteiger charge is -2.12. The zero-order valence-corrected chi connectivity index (χ0v) is 18.6. The fraction of sp³-hybridized carbons (Fsp3) is 0.238. The lowest BCUT2D eigenvalue weighted by atomic mass is 10.1. The summed E-state index contributed by atoms with van der Waals surface area (Å²) in [6.07, 6.45) is 1.93. The number of hydrogen-bond donors (Lipinski definition) is 3. The normalized spacial score (nSPS) is 15.5. The second-order valence-corrected chi connectivity index (χ2v) is 8.62. The number of benzene rings is 1. The van der Waals surface area contributed by atoms with Crippen molar-refractivity contribution in [2.24, 2.45) is 0 Å². The maximum absolute atomic E-state index is 12.3. The Balaban J connectivity index is 1.52. The van der Waals surface area contributed by atoms with E-state index in [4.69, 9.17) is 27.9 Å². The van der Waals surface area contributed by atoms with Crippen LogP contribution in [0.4, 0.5) is 0 Å². The third kappa shape index (κ3) is 3.68. The van der Waals surface area contributed by atoms with Gasteiger partial charge in [0, 0.05) is 18.8 Å². The van der Waals surface area contributed by atoms with Gasteiger partial charge < -0.3 is 15.0 Å². The lowest BCUT2D eigenvalue weighted by Crippen LogP contribution is -2.34. The Hall–Kier alpha value is -3.14. The highest BCUT2D eigenvalue weighted by Gasteiger charge is 2.28. The van der Waals surface area contributed by atoms with Crippen LogP contribution in [0.1, 0.15) is 37.1 Å². The first-order chi connectivity index (χ1) is 15.3. The summed E-state index contributed by atoms with van der Waals surface area (Å²) in [7, 11) is 0. The molecule has 4 aromatic rings. The molecule has 11 heteroatoms. The Morgan fingerprint density at radius 3 is 2.56 bits per heavy atom. The SMILES string of the molecule is CC(C)c1c[nH]c2ccc(Oc3c(Cl)cc(-n4nc(C5CN5)c(=O)[nH]c4=O)cc3Cl)nc12. The number of fused-ring (bicyclic) bond motifs is 1. The van der Waals surface area contributed by atoms with Gasteiger partial charge in [0.15, 0.2) is 5.75 Å². The molecule has 0 amide bonds. The van der Waals surface area contributed by atoms with Crippen LogP contribution in [-0.4, -0.2) is 31.3 Å². The van der Waals surface area contributed by atoms with Gasteiger partial charge in [-0.2, -0.15) is 9.78 Å². The van der Waals surface area contributed by atoms with Crippen molar-refractivity contribution in [1.29, 1.82) is 0 Å². The molecule has 1 atom stereocenters. The summed E-state index contributed by atoms with van der Waals surface area (Å²) in [5, 5.41) is 7.50. The first-order valence-corrected chi connectivity index (χ1v) is 10.7. The van der Waals surface area contributed by atoms with Gasteiger partial charge in [0.05, 0.1) is 32.8 Å². The second-order valence-electron chi connectivity index (χ2n) is 7.80. The number of hydrogen-bond acceptors (Lipinski definition) is 6. The third-order valence-electron chi connectivity index (χ3n) is 5.17. The highest BCUT2D eigenvalue weighted by molar-refractivity contribution is 6.37. The van der Waals surface area contributed by atoms with Crippen LogP contribution < -0.4 is 21.3 Å². The van der Waals surface area contributed by atoms with E-state index in [0.717, 1.165) is 21.3 Å². The maximum atomic E-state index is 12.3. The number of nitrogens with zero attached hydrogens (tertiary/aromatic N) is 3. The van der Waals surface area contributed by atoms with Gasteiger partial charge >= 0.3 is 5.69 Å². The van der Waals surface area contributed by atoms with Gasteiger partial charge in [-0.3, -0.25) is 9.78 Å². The molecule has 1 aromatic carbocycles. The molecule has 9 nitrogen and oxygen atoms in total. The molecule has 3 N–H and O–H groups in total. The van der Waals surface area contributed by atoms with Crippen molar-refractivity contribution >= 4 is 34.2 Å². The molecule has 0 radical (unpaired) electrons. The number of H-pyrrole nitrogens is 2. The first-order valence-electron chi connectivity index (χ1n) is 9.94. The van der Waals surface area contributed by atoms with Crippen molar-refractivity contribution in [3.63, 3.8) is 0 Å². The van der Waals surface area contributed by atoms with Crippen molar-refractivity contribution in [2.45, 2.75) is 25.8 Å². The van der Waals surface area contributed by atoms with Crippen molar-refractivity contribution in [3.05, 3.63) is 72.6 Å². The Morgan fingerprint density at radius 2 is 1.91 bits per heavy atom. The van der Waals surface area contributed by atoms with Gasteiger partial charge in [0.2, 0.25) is 5.88 Å². The van der Waals surface area contributed by atoms with Gasteiger partial charge in [-0.05, 0) is 29.7 Å². The van der Waals surface area contributed by atoms with E-state index in [-0.39, 0.29) is 33.4 Å². The number of halogens is 2. The van der Waals surface area contributed by atoms with E-state index < -0.39 is 11.2 Å². The molecule has 1 aliphatic heterocycles. The summed E-state index contributed by atoms with van der Waals surface area (Å²) in [6, 6.07) is 6.40. The molecular weight excluding hydrogens is 455 g/mol. The molecule has 1 unspecified atom stereocenters. The van der Waals surface area contributed by atoms with E-state index in [2.05, 4.69) is 39.2 Å². The second kappa shape index (κ2) is 7.77. The number of aromatic amines is 2. The van der Waals surface area contributed by atoms with Gasteiger partial charge in [-0.25, -0.2) is 9.78 Å². The molecule has 1 saturated heterocycles. The van der Waals surface area contributed by atoms with Crippen LogP contribution in [0.25, 0.3) is 16.7 Å². The van der Waals surface area contributed by atoms with Crippen LogP contribution in [0, 0.1) is 0 Å². The molecule has 0 saturated carbocycles. The Kier molecular flexibility index (Phi) is 5.04. The van der Waals surface area contributed by atoms with Gasteiger partial charge in [0.1, 0.15) is 5.69 Å². The van der Waals surface area contributed by atoms with Crippen molar-refractivity contribution in [1.82, 2.24) is 30.0 Å². The highest BCUT2D eigenvalue weighted by atomic mass is 35.5. The summed E-state index contributed by atoms with van der Waals surface area (Å²) >= 11 is 12.9. The summed E-state index contributed by atoms with van der Waals surface area (Å²) < 4.78 is 6.95. The molecule has 3 aromatic heterocycles. The number of aromatic nitrogens is 5. The van der Waals surface area contributed by atoms with Gasteiger partial charge in [-0.1, -0.05) is 37.0 Å². The van der Waals surface area contributed by atoms with Gasteiger partial charge in [-0.15, -0.1) is 0 Å². The molecule has 1 aliphatic rings. The van der Waals surface area contributed by atoms with Crippen LogP contribution in [0.15, 0.2) is 40.1 Å². The summed E-state index contributed by atoms with van der Waals surface area (Å²) in [5.74, 6) is 0.820. The molecule has 32 heavy (non-hydrogen) atoms. The van der Waals surface area contributed by atoms with E-state index in [1.165, 1.54) is 12.1 Å². The quantitative estimate of drug-likeness (QED) is 0.380. The van der Waals surface area contributed by atoms with Crippen LogP contribution in [0.3, 0.4) is 0 Å².